The summed E-state index contributed by atoms with van der Waals surface area (Å²) in [6.45, 7) is 0. The Kier molecular flexibility index (Phi) is 4.87. The van der Waals surface area contributed by atoms with E-state index in [-0.39, 0.29) is 11.7 Å². The number of rotatable bonds is 4. The van der Waals surface area contributed by atoms with Crippen LogP contribution in [0.5, 0.6) is 0 Å². The van der Waals surface area contributed by atoms with Gasteiger partial charge in [0.15, 0.2) is 0 Å². The van der Waals surface area contributed by atoms with Crippen LogP contribution in [0.25, 0.3) is 0 Å². The molecule has 0 saturated heterocycles. The van der Waals surface area contributed by atoms with Gasteiger partial charge in [-0.25, -0.2) is 4.39 Å². The van der Waals surface area contributed by atoms with Gasteiger partial charge in [-0.3, -0.25) is 4.79 Å². The van der Waals surface area contributed by atoms with Gasteiger partial charge >= 0.3 is 0 Å². The van der Waals surface area contributed by atoms with Crippen LogP contribution in [0.4, 0.5) is 15.8 Å². The van der Waals surface area contributed by atoms with Gasteiger partial charge in [-0.1, -0.05) is 23.7 Å². The Morgan fingerprint density at radius 1 is 1.30 bits per heavy atom. The zero-order valence-electron chi connectivity index (χ0n) is 10.4. The highest BCUT2D eigenvalue weighted by Gasteiger charge is 2.09. The summed E-state index contributed by atoms with van der Waals surface area (Å²) < 4.78 is 13.0. The molecule has 0 unspecified atom stereocenters. The van der Waals surface area contributed by atoms with Crippen LogP contribution in [0, 0.1) is 5.82 Å². The summed E-state index contributed by atoms with van der Waals surface area (Å²) in [5.74, 6) is -0.504. The van der Waals surface area contributed by atoms with Crippen molar-refractivity contribution in [3.8, 4) is 0 Å². The topological polar surface area (TPSA) is 55.1 Å². The van der Waals surface area contributed by atoms with E-state index in [4.69, 9.17) is 17.3 Å². The van der Waals surface area contributed by atoms with Gasteiger partial charge in [0.2, 0.25) is 5.91 Å². The number of thioether (sulfide) groups is 1. The molecule has 0 bridgehead atoms. The van der Waals surface area contributed by atoms with Gasteiger partial charge in [0.1, 0.15) is 5.82 Å². The van der Waals surface area contributed by atoms with Crippen molar-refractivity contribution < 1.29 is 9.18 Å². The second-order valence-corrected chi connectivity index (χ2v) is 5.40. The maximum Gasteiger partial charge on any atom is 0.234 e. The van der Waals surface area contributed by atoms with E-state index in [0.29, 0.717) is 21.3 Å². The average molecular weight is 311 g/mol. The van der Waals surface area contributed by atoms with Gasteiger partial charge in [0, 0.05) is 16.3 Å². The van der Waals surface area contributed by atoms with E-state index >= 15 is 0 Å². The van der Waals surface area contributed by atoms with Crippen molar-refractivity contribution in [2.24, 2.45) is 0 Å². The molecule has 2 rings (SSSR count). The minimum absolute atomic E-state index is 0.143. The van der Waals surface area contributed by atoms with Gasteiger partial charge in [-0.15, -0.1) is 11.8 Å². The van der Waals surface area contributed by atoms with Crippen LogP contribution in [0.3, 0.4) is 0 Å². The van der Waals surface area contributed by atoms with Crippen LogP contribution in [-0.2, 0) is 4.79 Å². The summed E-state index contributed by atoms with van der Waals surface area (Å²) in [6.07, 6.45) is 0. The molecule has 20 heavy (non-hydrogen) atoms. The number of nitrogens with one attached hydrogen (secondary N) is 1. The third-order valence-corrected chi connectivity index (χ3v) is 4.03. The zero-order valence-corrected chi connectivity index (χ0v) is 12.0. The molecule has 3 nitrogen and oxygen atoms in total. The van der Waals surface area contributed by atoms with Crippen LogP contribution in [-0.4, -0.2) is 11.7 Å². The monoisotopic (exact) mass is 310 g/mol. The van der Waals surface area contributed by atoms with E-state index < -0.39 is 5.82 Å². The third-order valence-electron chi connectivity index (χ3n) is 2.45. The molecule has 6 heteroatoms. The summed E-state index contributed by atoms with van der Waals surface area (Å²) in [6, 6.07) is 10.9. The predicted octanol–water partition coefficient (Wildman–Crippen LogP) is 3.79. The first-order chi connectivity index (χ1) is 9.56. The molecule has 0 atom stereocenters. The maximum absolute atomic E-state index is 13.0. The number of amides is 1. The summed E-state index contributed by atoms with van der Waals surface area (Å²) in [4.78, 5) is 12.5. The number of benzene rings is 2. The molecule has 0 aromatic heterocycles. The van der Waals surface area contributed by atoms with Crippen molar-refractivity contribution in [2.45, 2.75) is 4.90 Å². The molecular weight excluding hydrogens is 299 g/mol. The normalized spacial score (nSPS) is 10.3. The Labute approximate surface area is 125 Å². The number of halogens is 2. The Balaban J connectivity index is 1.96. The van der Waals surface area contributed by atoms with Crippen molar-refractivity contribution >= 4 is 40.6 Å². The van der Waals surface area contributed by atoms with Crippen LogP contribution < -0.4 is 11.1 Å². The minimum atomic E-state index is -0.397. The molecule has 0 heterocycles. The van der Waals surface area contributed by atoms with E-state index in [1.54, 1.807) is 24.3 Å². The molecule has 0 spiro atoms. The second kappa shape index (κ2) is 6.63. The van der Waals surface area contributed by atoms with Crippen molar-refractivity contribution in [3.05, 3.63) is 53.3 Å². The molecule has 0 aliphatic carbocycles. The summed E-state index contributed by atoms with van der Waals surface area (Å²) in [7, 11) is 0. The number of anilines is 2. The second-order valence-electron chi connectivity index (χ2n) is 4.01. The molecule has 0 fully saturated rings. The fraction of sp³-hybridized carbons (Fsp3) is 0.0714. The lowest BCUT2D eigenvalue weighted by Crippen LogP contribution is -2.14. The van der Waals surface area contributed by atoms with Crippen molar-refractivity contribution in [1.82, 2.24) is 0 Å². The van der Waals surface area contributed by atoms with Crippen molar-refractivity contribution in [1.29, 1.82) is 0 Å². The molecule has 2 aromatic rings. The summed E-state index contributed by atoms with van der Waals surface area (Å²) in [5.41, 5.74) is 6.74. The van der Waals surface area contributed by atoms with E-state index in [2.05, 4.69) is 5.32 Å². The minimum Gasteiger partial charge on any atom is -0.398 e. The van der Waals surface area contributed by atoms with Crippen LogP contribution in [0.1, 0.15) is 0 Å². The first kappa shape index (κ1) is 14.7. The third kappa shape index (κ3) is 3.88. The van der Waals surface area contributed by atoms with Gasteiger partial charge in [0.05, 0.1) is 10.8 Å². The van der Waals surface area contributed by atoms with Gasteiger partial charge < -0.3 is 11.1 Å². The highest BCUT2D eigenvalue weighted by Crippen LogP contribution is 2.32. The Hall–Kier alpha value is -1.72. The molecular formula is C14H12ClFN2OS. The lowest BCUT2D eigenvalue weighted by molar-refractivity contribution is -0.113. The maximum atomic E-state index is 13.0. The molecule has 0 saturated carbocycles. The number of nitrogen functional groups attached to an aromatic ring is 1. The molecule has 1 amide bonds. The Bertz CT molecular complexity index is 616. The van der Waals surface area contributed by atoms with Gasteiger partial charge in [-0.05, 0) is 30.3 Å². The number of nitrogens with two attached hydrogens (primary N) is 1. The molecule has 104 valence electrons. The summed E-state index contributed by atoms with van der Waals surface area (Å²) in [5, 5.41) is 3.12. The first-order valence-electron chi connectivity index (χ1n) is 5.78. The molecule has 0 radical (unpaired) electrons. The smallest absolute Gasteiger partial charge is 0.234 e. The molecule has 0 aliphatic rings. The van der Waals surface area contributed by atoms with E-state index in [9.17, 15) is 9.18 Å². The predicted molar refractivity (Wildman–Crippen MR) is 81.6 cm³/mol. The number of hydrogen-bond donors (Lipinski definition) is 2. The first-order valence-corrected chi connectivity index (χ1v) is 7.15. The largest absolute Gasteiger partial charge is 0.398 e. The molecule has 2 aromatic carbocycles. The SMILES string of the molecule is Nc1cccc(Cl)c1SCC(=O)Nc1cccc(F)c1. The average Bonchev–Trinajstić information content (AvgIpc) is 2.38. The van der Waals surface area contributed by atoms with Gasteiger partial charge in [-0.2, -0.15) is 0 Å². The molecule has 3 N–H and O–H groups in total. The van der Waals surface area contributed by atoms with E-state index in [1.165, 1.54) is 30.0 Å². The highest BCUT2D eigenvalue weighted by molar-refractivity contribution is 8.00. The molecule has 0 aliphatic heterocycles. The quantitative estimate of drug-likeness (QED) is 0.667. The number of carbonyl (C=O) groups excluding carboxylic acids is 1. The van der Waals surface area contributed by atoms with Crippen LogP contribution in [0.2, 0.25) is 5.02 Å². The van der Waals surface area contributed by atoms with Crippen LogP contribution >= 0.6 is 23.4 Å². The summed E-state index contributed by atoms with van der Waals surface area (Å²) >= 11 is 7.25. The lowest BCUT2D eigenvalue weighted by Gasteiger charge is -2.08. The fourth-order valence-corrected chi connectivity index (χ4v) is 2.71. The van der Waals surface area contributed by atoms with Crippen molar-refractivity contribution in [2.75, 3.05) is 16.8 Å². The number of hydrogen-bond acceptors (Lipinski definition) is 3. The van der Waals surface area contributed by atoms with Gasteiger partial charge in [0.25, 0.3) is 0 Å². The highest BCUT2D eigenvalue weighted by atomic mass is 35.5. The van der Waals surface area contributed by atoms with E-state index in [1.807, 2.05) is 0 Å². The number of carbonyl (C=O) groups is 1. The standard InChI is InChI=1S/C14H12ClFN2OS/c15-11-5-2-6-12(17)14(11)20-8-13(19)18-10-4-1-3-9(16)7-10/h1-7H,8,17H2,(H,18,19). The van der Waals surface area contributed by atoms with E-state index in [0.717, 1.165) is 0 Å². The zero-order chi connectivity index (χ0) is 14.5. The lowest BCUT2D eigenvalue weighted by atomic mass is 10.3. The van der Waals surface area contributed by atoms with Crippen molar-refractivity contribution in [3.63, 3.8) is 0 Å². The Morgan fingerprint density at radius 2 is 2.05 bits per heavy atom. The Morgan fingerprint density at radius 3 is 2.75 bits per heavy atom. The van der Waals surface area contributed by atoms with Crippen LogP contribution in [0.15, 0.2) is 47.4 Å². The fourth-order valence-electron chi connectivity index (χ4n) is 1.58.